The van der Waals surface area contributed by atoms with Crippen LogP contribution in [0, 0.1) is 5.92 Å². The molecule has 0 aliphatic heterocycles. The second kappa shape index (κ2) is 7.09. The van der Waals surface area contributed by atoms with Gasteiger partial charge in [0.1, 0.15) is 6.04 Å². The van der Waals surface area contributed by atoms with E-state index in [1.165, 1.54) is 20.0 Å². The third kappa shape index (κ3) is 4.59. The molecule has 0 heterocycles. The molecule has 17 heavy (non-hydrogen) atoms. The van der Waals surface area contributed by atoms with Crippen LogP contribution in [-0.4, -0.2) is 25.0 Å². The van der Waals surface area contributed by atoms with E-state index in [2.05, 4.69) is 16.6 Å². The SMILES string of the molecule is C=CC[C@@H](NC(=O)CC1CCCC1)C(=O)OC. The van der Waals surface area contributed by atoms with Crippen LogP contribution in [0.2, 0.25) is 0 Å². The summed E-state index contributed by atoms with van der Waals surface area (Å²) in [5.74, 6) is 0.0100. The summed E-state index contributed by atoms with van der Waals surface area (Å²) in [7, 11) is 1.32. The van der Waals surface area contributed by atoms with E-state index >= 15 is 0 Å². The van der Waals surface area contributed by atoms with Gasteiger partial charge in [0.25, 0.3) is 0 Å². The number of ether oxygens (including phenoxy) is 1. The average Bonchev–Trinajstić information content (AvgIpc) is 2.80. The first-order valence-electron chi connectivity index (χ1n) is 6.15. The fourth-order valence-electron chi connectivity index (χ4n) is 2.25. The van der Waals surface area contributed by atoms with Gasteiger partial charge in [-0.1, -0.05) is 18.9 Å². The van der Waals surface area contributed by atoms with E-state index in [0.717, 1.165) is 12.8 Å². The van der Waals surface area contributed by atoms with Crippen molar-refractivity contribution in [3.63, 3.8) is 0 Å². The number of hydrogen-bond acceptors (Lipinski definition) is 3. The number of nitrogens with one attached hydrogen (secondary N) is 1. The van der Waals surface area contributed by atoms with Gasteiger partial charge >= 0.3 is 5.97 Å². The van der Waals surface area contributed by atoms with Crippen LogP contribution in [-0.2, 0) is 14.3 Å². The highest BCUT2D eigenvalue weighted by Crippen LogP contribution is 2.27. The van der Waals surface area contributed by atoms with Gasteiger partial charge in [0.2, 0.25) is 5.91 Å². The molecule has 96 valence electrons. The molecule has 1 amide bonds. The summed E-state index contributed by atoms with van der Waals surface area (Å²) >= 11 is 0. The molecule has 1 atom stereocenters. The van der Waals surface area contributed by atoms with Crippen LogP contribution in [0.4, 0.5) is 0 Å². The molecule has 0 aromatic heterocycles. The maximum atomic E-state index is 11.8. The largest absolute Gasteiger partial charge is 0.467 e. The second-order valence-corrected chi connectivity index (χ2v) is 4.52. The fraction of sp³-hybridized carbons (Fsp3) is 0.692. The molecule has 0 radical (unpaired) electrons. The number of amides is 1. The quantitative estimate of drug-likeness (QED) is 0.568. The Morgan fingerprint density at radius 2 is 2.12 bits per heavy atom. The Hall–Kier alpha value is -1.32. The number of carbonyl (C=O) groups is 2. The molecule has 4 heteroatoms. The zero-order valence-electron chi connectivity index (χ0n) is 10.4. The number of hydrogen-bond donors (Lipinski definition) is 1. The molecule has 1 N–H and O–H groups in total. The van der Waals surface area contributed by atoms with Crippen molar-refractivity contribution in [1.82, 2.24) is 5.32 Å². The van der Waals surface area contributed by atoms with E-state index in [1.807, 2.05) is 0 Å². The lowest BCUT2D eigenvalue weighted by atomic mass is 10.0. The third-order valence-electron chi connectivity index (χ3n) is 3.17. The molecule has 0 unspecified atom stereocenters. The molecule has 1 aliphatic carbocycles. The predicted octanol–water partition coefficient (Wildman–Crippen LogP) is 1.80. The topological polar surface area (TPSA) is 55.4 Å². The van der Waals surface area contributed by atoms with Gasteiger partial charge in [-0.25, -0.2) is 4.79 Å². The van der Waals surface area contributed by atoms with E-state index in [4.69, 9.17) is 0 Å². The molecular weight excluding hydrogens is 218 g/mol. The zero-order chi connectivity index (χ0) is 12.7. The van der Waals surface area contributed by atoms with Crippen LogP contribution >= 0.6 is 0 Å². The molecule has 0 bridgehead atoms. The van der Waals surface area contributed by atoms with Gasteiger partial charge in [-0.2, -0.15) is 0 Å². The number of rotatable bonds is 6. The van der Waals surface area contributed by atoms with Crippen LogP contribution in [0.3, 0.4) is 0 Å². The van der Waals surface area contributed by atoms with Gasteiger partial charge in [0, 0.05) is 6.42 Å². The van der Waals surface area contributed by atoms with Crippen LogP contribution in [0.1, 0.15) is 38.5 Å². The highest BCUT2D eigenvalue weighted by molar-refractivity contribution is 5.84. The number of carbonyl (C=O) groups excluding carboxylic acids is 2. The van der Waals surface area contributed by atoms with Crippen molar-refractivity contribution in [1.29, 1.82) is 0 Å². The van der Waals surface area contributed by atoms with Gasteiger partial charge < -0.3 is 10.1 Å². The molecule has 1 aliphatic rings. The first-order chi connectivity index (χ1) is 8.17. The lowest BCUT2D eigenvalue weighted by molar-refractivity contribution is -0.145. The lowest BCUT2D eigenvalue weighted by Gasteiger charge is -2.16. The average molecular weight is 239 g/mol. The molecule has 1 fully saturated rings. The van der Waals surface area contributed by atoms with Crippen molar-refractivity contribution in [2.24, 2.45) is 5.92 Å². The van der Waals surface area contributed by atoms with E-state index in [9.17, 15) is 9.59 Å². The lowest BCUT2D eigenvalue weighted by Crippen LogP contribution is -2.41. The Kier molecular flexibility index (Phi) is 5.73. The summed E-state index contributed by atoms with van der Waals surface area (Å²) < 4.78 is 4.63. The Balaban J connectivity index is 2.39. The van der Waals surface area contributed by atoms with Crippen molar-refractivity contribution in [3.8, 4) is 0 Å². The summed E-state index contributed by atoms with van der Waals surface area (Å²) in [4.78, 5) is 23.1. The molecule has 4 nitrogen and oxygen atoms in total. The van der Waals surface area contributed by atoms with E-state index in [0.29, 0.717) is 18.8 Å². The summed E-state index contributed by atoms with van der Waals surface area (Å²) in [6.07, 6.45) is 7.21. The minimum Gasteiger partial charge on any atom is -0.467 e. The Morgan fingerprint density at radius 1 is 1.47 bits per heavy atom. The maximum absolute atomic E-state index is 11.8. The van der Waals surface area contributed by atoms with Crippen molar-refractivity contribution in [3.05, 3.63) is 12.7 Å². The highest BCUT2D eigenvalue weighted by Gasteiger charge is 2.23. The van der Waals surface area contributed by atoms with Crippen LogP contribution in [0.15, 0.2) is 12.7 Å². The monoisotopic (exact) mass is 239 g/mol. The van der Waals surface area contributed by atoms with Gasteiger partial charge in [0.05, 0.1) is 7.11 Å². The second-order valence-electron chi connectivity index (χ2n) is 4.52. The standard InChI is InChI=1S/C13H21NO3/c1-3-6-11(13(16)17-2)14-12(15)9-10-7-4-5-8-10/h3,10-11H,1,4-9H2,2H3,(H,14,15)/t11-/m1/s1. The van der Waals surface area contributed by atoms with Gasteiger partial charge in [-0.05, 0) is 25.2 Å². The Morgan fingerprint density at radius 3 is 2.65 bits per heavy atom. The number of methoxy groups -OCH3 is 1. The molecule has 0 aromatic carbocycles. The molecule has 0 spiro atoms. The molecule has 0 saturated heterocycles. The summed E-state index contributed by atoms with van der Waals surface area (Å²) in [5.41, 5.74) is 0. The zero-order valence-corrected chi connectivity index (χ0v) is 10.4. The molecular formula is C13H21NO3. The first kappa shape index (κ1) is 13.7. The number of esters is 1. The fourth-order valence-corrected chi connectivity index (χ4v) is 2.25. The summed E-state index contributed by atoms with van der Waals surface area (Å²) in [5, 5.41) is 2.71. The van der Waals surface area contributed by atoms with Crippen LogP contribution in [0.5, 0.6) is 0 Å². The minimum absolute atomic E-state index is 0.0610. The van der Waals surface area contributed by atoms with Crippen molar-refractivity contribution in [2.45, 2.75) is 44.6 Å². The normalized spacial score (nSPS) is 17.5. The minimum atomic E-state index is -0.591. The molecule has 1 rings (SSSR count). The summed E-state index contributed by atoms with van der Waals surface area (Å²) in [6.45, 7) is 3.57. The van der Waals surface area contributed by atoms with E-state index in [1.54, 1.807) is 6.08 Å². The maximum Gasteiger partial charge on any atom is 0.328 e. The molecule has 0 aromatic rings. The summed E-state index contributed by atoms with van der Waals surface area (Å²) in [6, 6.07) is -0.591. The van der Waals surface area contributed by atoms with E-state index < -0.39 is 12.0 Å². The van der Waals surface area contributed by atoms with Gasteiger partial charge in [-0.15, -0.1) is 6.58 Å². The third-order valence-corrected chi connectivity index (χ3v) is 3.17. The van der Waals surface area contributed by atoms with Crippen LogP contribution < -0.4 is 5.32 Å². The first-order valence-corrected chi connectivity index (χ1v) is 6.15. The highest BCUT2D eigenvalue weighted by atomic mass is 16.5. The van der Waals surface area contributed by atoms with Crippen LogP contribution in [0.25, 0.3) is 0 Å². The Bertz CT molecular complexity index is 282. The van der Waals surface area contributed by atoms with Crippen molar-refractivity contribution >= 4 is 11.9 Å². The molecule has 1 saturated carbocycles. The predicted molar refractivity (Wildman–Crippen MR) is 65.3 cm³/mol. The van der Waals surface area contributed by atoms with Gasteiger partial charge in [-0.3, -0.25) is 4.79 Å². The van der Waals surface area contributed by atoms with E-state index in [-0.39, 0.29) is 5.91 Å². The van der Waals surface area contributed by atoms with Crippen molar-refractivity contribution in [2.75, 3.05) is 7.11 Å². The Labute approximate surface area is 102 Å². The van der Waals surface area contributed by atoms with Crippen molar-refractivity contribution < 1.29 is 14.3 Å². The smallest absolute Gasteiger partial charge is 0.328 e. The van der Waals surface area contributed by atoms with Gasteiger partial charge in [0.15, 0.2) is 0 Å².